The van der Waals surface area contributed by atoms with Crippen LogP contribution in [0.3, 0.4) is 0 Å². The summed E-state index contributed by atoms with van der Waals surface area (Å²) in [5.41, 5.74) is 4.22. The number of benzene rings is 2. The number of amides is 1. The smallest absolute Gasteiger partial charge is 0.257 e. The van der Waals surface area contributed by atoms with E-state index in [1.165, 1.54) is 11.6 Å². The number of likely N-dealkylation sites (N-methyl/N-ethyl adjacent to an activating group) is 1. The topological polar surface area (TPSA) is 62.5 Å². The average molecular weight is 487 g/mol. The van der Waals surface area contributed by atoms with Gasteiger partial charge in [-0.05, 0) is 74.5 Å². The Hall–Kier alpha value is -3.58. The van der Waals surface area contributed by atoms with Crippen molar-refractivity contribution in [3.8, 4) is 0 Å². The number of para-hydroxylation sites is 1. The molecule has 2 aromatic heterocycles. The third-order valence-electron chi connectivity index (χ3n) is 7.45. The lowest BCUT2D eigenvalue weighted by Gasteiger charge is -2.40. The van der Waals surface area contributed by atoms with Crippen LogP contribution >= 0.6 is 0 Å². The molecule has 1 unspecified atom stereocenters. The van der Waals surface area contributed by atoms with Crippen molar-refractivity contribution in [2.24, 2.45) is 5.92 Å². The van der Waals surface area contributed by atoms with Crippen LogP contribution in [-0.4, -0.2) is 51.9 Å². The molecule has 4 aromatic rings. The van der Waals surface area contributed by atoms with E-state index in [4.69, 9.17) is 4.42 Å². The second kappa shape index (κ2) is 10.6. The molecule has 1 fully saturated rings. The highest BCUT2D eigenvalue weighted by Crippen LogP contribution is 2.29. The van der Waals surface area contributed by atoms with Crippen LogP contribution in [0.1, 0.15) is 40.1 Å². The number of rotatable bonds is 7. The number of carbonyl (C=O) groups excluding carboxylic acids is 1. The summed E-state index contributed by atoms with van der Waals surface area (Å²) in [5, 5.41) is 0. The highest BCUT2D eigenvalue weighted by Gasteiger charge is 2.33. The van der Waals surface area contributed by atoms with E-state index in [9.17, 15) is 9.18 Å². The van der Waals surface area contributed by atoms with Gasteiger partial charge in [-0.15, -0.1) is 0 Å². The van der Waals surface area contributed by atoms with E-state index in [1.807, 2.05) is 31.3 Å². The van der Waals surface area contributed by atoms with Gasteiger partial charge < -0.3 is 9.32 Å². The number of aromatic nitrogens is 2. The van der Waals surface area contributed by atoms with Crippen molar-refractivity contribution in [3.63, 3.8) is 0 Å². The molecular formula is C29H31FN4O2. The molecule has 3 heterocycles. The summed E-state index contributed by atoms with van der Waals surface area (Å²) < 4.78 is 20.0. The number of aryl methyl sites for hydroxylation is 1. The standard InChI is InChI=1S/C29H31FN4O2/c1-20-24(12-17-36-20)29(35)33(2)27(18-22-6-3-4-8-25(22)30)21-10-15-34(16-11-21)19-23-7-5-9-26-28(23)32-14-13-31-26/h3-9,12-14,17,21,27H,10-11,15-16,18-19H2,1-2H3. The highest BCUT2D eigenvalue weighted by molar-refractivity contribution is 5.95. The fraction of sp³-hybridized carbons (Fsp3) is 0.345. The van der Waals surface area contributed by atoms with E-state index in [0.717, 1.165) is 43.5 Å². The molecule has 36 heavy (non-hydrogen) atoms. The maximum absolute atomic E-state index is 14.6. The van der Waals surface area contributed by atoms with Crippen molar-refractivity contribution >= 4 is 16.9 Å². The second-order valence-corrected chi connectivity index (χ2v) is 9.62. The minimum Gasteiger partial charge on any atom is -0.469 e. The van der Waals surface area contributed by atoms with Gasteiger partial charge in [0.1, 0.15) is 11.6 Å². The van der Waals surface area contributed by atoms with Crippen molar-refractivity contribution in [1.82, 2.24) is 19.8 Å². The fourth-order valence-electron chi connectivity index (χ4n) is 5.37. The average Bonchev–Trinajstić information content (AvgIpc) is 3.34. The largest absolute Gasteiger partial charge is 0.469 e. The van der Waals surface area contributed by atoms with E-state index >= 15 is 0 Å². The number of hydrogen-bond acceptors (Lipinski definition) is 5. The van der Waals surface area contributed by atoms with E-state index in [1.54, 1.807) is 42.6 Å². The summed E-state index contributed by atoms with van der Waals surface area (Å²) in [6, 6.07) is 14.6. The molecule has 1 aliphatic heterocycles. The molecule has 0 saturated carbocycles. The molecule has 5 rings (SSSR count). The Labute approximate surface area is 210 Å². The third kappa shape index (κ3) is 5.02. The van der Waals surface area contributed by atoms with Gasteiger partial charge >= 0.3 is 0 Å². The maximum atomic E-state index is 14.6. The molecule has 7 heteroatoms. The molecule has 0 radical (unpaired) electrons. The molecule has 0 spiro atoms. The Morgan fingerprint density at radius 2 is 1.83 bits per heavy atom. The zero-order valence-electron chi connectivity index (χ0n) is 20.7. The Balaban J connectivity index is 1.32. The number of halogens is 1. The van der Waals surface area contributed by atoms with E-state index < -0.39 is 0 Å². The van der Waals surface area contributed by atoms with Gasteiger partial charge in [0.25, 0.3) is 5.91 Å². The zero-order valence-corrected chi connectivity index (χ0v) is 20.7. The summed E-state index contributed by atoms with van der Waals surface area (Å²) in [5.74, 6) is 0.551. The van der Waals surface area contributed by atoms with Crippen molar-refractivity contribution < 1.29 is 13.6 Å². The molecule has 6 nitrogen and oxygen atoms in total. The van der Waals surface area contributed by atoms with Crippen LogP contribution in [0.2, 0.25) is 0 Å². The van der Waals surface area contributed by atoms with E-state index in [-0.39, 0.29) is 23.7 Å². The Bertz CT molecular complexity index is 1340. The van der Waals surface area contributed by atoms with Crippen LogP contribution in [-0.2, 0) is 13.0 Å². The molecule has 1 saturated heterocycles. The van der Waals surface area contributed by atoms with Gasteiger partial charge in [0.2, 0.25) is 0 Å². The van der Waals surface area contributed by atoms with Crippen LogP contribution in [0.5, 0.6) is 0 Å². The quantitative estimate of drug-likeness (QED) is 0.356. The number of carbonyl (C=O) groups is 1. The lowest BCUT2D eigenvalue weighted by Crippen LogP contribution is -2.47. The highest BCUT2D eigenvalue weighted by atomic mass is 19.1. The predicted molar refractivity (Wildman–Crippen MR) is 137 cm³/mol. The van der Waals surface area contributed by atoms with Crippen molar-refractivity contribution in [1.29, 1.82) is 0 Å². The molecule has 1 amide bonds. The van der Waals surface area contributed by atoms with Crippen LogP contribution in [0, 0.1) is 18.7 Å². The number of furan rings is 1. The summed E-state index contributed by atoms with van der Waals surface area (Å²) in [6.07, 6.45) is 7.33. The first-order valence-corrected chi connectivity index (χ1v) is 12.5. The lowest BCUT2D eigenvalue weighted by atomic mass is 9.84. The number of likely N-dealkylation sites (tertiary alicyclic amines) is 1. The molecule has 2 aromatic carbocycles. The summed E-state index contributed by atoms with van der Waals surface area (Å²) in [7, 11) is 1.83. The number of fused-ring (bicyclic) bond motifs is 1. The van der Waals surface area contributed by atoms with Gasteiger partial charge in [-0.2, -0.15) is 0 Å². The molecule has 0 aliphatic carbocycles. The SMILES string of the molecule is Cc1occc1C(=O)N(C)C(Cc1ccccc1F)C1CCN(Cc2cccc3nccnc23)CC1. The first-order valence-electron chi connectivity index (χ1n) is 12.5. The third-order valence-corrected chi connectivity index (χ3v) is 7.45. The fourth-order valence-corrected chi connectivity index (χ4v) is 5.37. The predicted octanol–water partition coefficient (Wildman–Crippen LogP) is 5.27. The summed E-state index contributed by atoms with van der Waals surface area (Å²) in [4.78, 5) is 26.6. The van der Waals surface area contributed by atoms with Gasteiger partial charge in [-0.1, -0.05) is 30.3 Å². The van der Waals surface area contributed by atoms with Crippen LogP contribution in [0.15, 0.2) is 71.6 Å². The molecule has 1 atom stereocenters. The van der Waals surface area contributed by atoms with Crippen LogP contribution in [0.25, 0.3) is 11.0 Å². The number of piperidine rings is 1. The maximum Gasteiger partial charge on any atom is 0.257 e. The second-order valence-electron chi connectivity index (χ2n) is 9.62. The number of nitrogens with zero attached hydrogens (tertiary/aromatic N) is 4. The Morgan fingerprint density at radius 1 is 1.08 bits per heavy atom. The minimum absolute atomic E-state index is 0.0839. The minimum atomic E-state index is -0.225. The lowest BCUT2D eigenvalue weighted by molar-refractivity contribution is 0.0582. The molecule has 1 aliphatic rings. The first kappa shape index (κ1) is 24.1. The zero-order chi connectivity index (χ0) is 25.1. The summed E-state index contributed by atoms with van der Waals surface area (Å²) in [6.45, 7) is 4.41. The van der Waals surface area contributed by atoms with Gasteiger partial charge in [0.05, 0.1) is 22.9 Å². The van der Waals surface area contributed by atoms with Crippen LogP contribution in [0.4, 0.5) is 4.39 Å². The van der Waals surface area contributed by atoms with Gasteiger partial charge in [0, 0.05) is 32.0 Å². The Kier molecular flexibility index (Phi) is 7.09. The van der Waals surface area contributed by atoms with Gasteiger partial charge in [-0.25, -0.2) is 4.39 Å². The van der Waals surface area contributed by atoms with Crippen LogP contribution < -0.4 is 0 Å². The van der Waals surface area contributed by atoms with E-state index in [2.05, 4.69) is 20.9 Å². The molecule has 0 N–H and O–H groups in total. The van der Waals surface area contributed by atoms with Crippen molar-refractivity contribution in [2.75, 3.05) is 20.1 Å². The van der Waals surface area contributed by atoms with Crippen molar-refractivity contribution in [2.45, 2.75) is 38.8 Å². The monoisotopic (exact) mass is 486 g/mol. The first-order chi connectivity index (χ1) is 17.5. The summed E-state index contributed by atoms with van der Waals surface area (Å²) >= 11 is 0. The van der Waals surface area contributed by atoms with Crippen molar-refractivity contribution in [3.05, 3.63) is 95.5 Å². The molecular weight excluding hydrogens is 455 g/mol. The normalized spacial score (nSPS) is 15.8. The van der Waals surface area contributed by atoms with Gasteiger partial charge in [-0.3, -0.25) is 19.7 Å². The number of hydrogen-bond donors (Lipinski definition) is 0. The molecule has 0 bridgehead atoms. The van der Waals surface area contributed by atoms with Gasteiger partial charge in [0.15, 0.2) is 0 Å². The Morgan fingerprint density at radius 3 is 2.58 bits per heavy atom. The molecule has 186 valence electrons. The van der Waals surface area contributed by atoms with E-state index in [0.29, 0.717) is 23.3 Å².